The molecule has 6 heteroatoms. The Balaban J connectivity index is 2.44. The first-order valence-electron chi connectivity index (χ1n) is 6.24. The van der Waals surface area contributed by atoms with Crippen LogP contribution in [0.2, 0.25) is 0 Å². The lowest BCUT2D eigenvalue weighted by Gasteiger charge is -1.98. The molecule has 6 nitrogen and oxygen atoms in total. The summed E-state index contributed by atoms with van der Waals surface area (Å²) < 4.78 is 12.2. The fourth-order valence-electron chi connectivity index (χ4n) is 1.87. The summed E-state index contributed by atoms with van der Waals surface area (Å²) in [5.74, 6) is 0.0956. The van der Waals surface area contributed by atoms with E-state index in [-0.39, 0.29) is 5.76 Å². The largest absolute Gasteiger partial charge is 0.460 e. The molecule has 0 atom stereocenters. The summed E-state index contributed by atoms with van der Waals surface area (Å²) >= 11 is 0. The van der Waals surface area contributed by atoms with Crippen molar-refractivity contribution in [3.8, 4) is 11.6 Å². The minimum atomic E-state index is -0.475. The SMILES string of the molecule is CCOC(=O)c1oc(-c2cc(C)nn2C)nc1CC. The quantitative estimate of drug-likeness (QED) is 0.790. The lowest BCUT2D eigenvalue weighted by molar-refractivity contribution is 0.0489. The minimum absolute atomic E-state index is 0.179. The predicted molar refractivity (Wildman–Crippen MR) is 68.8 cm³/mol. The van der Waals surface area contributed by atoms with Crippen LogP contribution in [0.25, 0.3) is 11.6 Å². The molecule has 0 amide bonds. The molecule has 0 radical (unpaired) electrons. The Kier molecular flexibility index (Phi) is 3.69. The van der Waals surface area contributed by atoms with Crippen LogP contribution >= 0.6 is 0 Å². The first-order valence-corrected chi connectivity index (χ1v) is 6.24. The average molecular weight is 263 g/mol. The summed E-state index contributed by atoms with van der Waals surface area (Å²) in [5.41, 5.74) is 2.21. The van der Waals surface area contributed by atoms with E-state index in [1.165, 1.54) is 0 Å². The zero-order valence-corrected chi connectivity index (χ0v) is 11.6. The second-order valence-corrected chi connectivity index (χ2v) is 4.16. The van der Waals surface area contributed by atoms with E-state index >= 15 is 0 Å². The van der Waals surface area contributed by atoms with Crippen molar-refractivity contribution in [2.75, 3.05) is 6.61 Å². The van der Waals surface area contributed by atoms with Gasteiger partial charge in [-0.25, -0.2) is 9.78 Å². The lowest BCUT2D eigenvalue weighted by Crippen LogP contribution is -2.05. The standard InChI is InChI=1S/C13H17N3O3/c1-5-9-11(13(17)18-6-2)19-12(14-9)10-7-8(3)15-16(10)4/h7H,5-6H2,1-4H3. The molecule has 0 aromatic carbocycles. The Morgan fingerprint density at radius 1 is 1.47 bits per heavy atom. The van der Waals surface area contributed by atoms with Gasteiger partial charge in [0.15, 0.2) is 0 Å². The highest BCUT2D eigenvalue weighted by atomic mass is 16.5. The molecule has 2 aromatic rings. The molecule has 0 spiro atoms. The van der Waals surface area contributed by atoms with E-state index in [2.05, 4.69) is 10.1 Å². The molecular formula is C13H17N3O3. The van der Waals surface area contributed by atoms with Gasteiger partial charge in [-0.2, -0.15) is 5.10 Å². The van der Waals surface area contributed by atoms with Gasteiger partial charge in [0.05, 0.1) is 18.0 Å². The highest BCUT2D eigenvalue weighted by Gasteiger charge is 2.22. The Labute approximate surface area is 111 Å². The number of rotatable bonds is 4. The van der Waals surface area contributed by atoms with Crippen molar-refractivity contribution < 1.29 is 13.9 Å². The number of hydrogen-bond acceptors (Lipinski definition) is 5. The molecule has 0 aliphatic carbocycles. The van der Waals surface area contributed by atoms with Gasteiger partial charge in [0, 0.05) is 7.05 Å². The molecule has 0 saturated carbocycles. The van der Waals surface area contributed by atoms with Crippen LogP contribution in [0.5, 0.6) is 0 Å². The number of nitrogens with zero attached hydrogens (tertiary/aromatic N) is 3. The molecule has 2 rings (SSSR count). The number of hydrogen-bond donors (Lipinski definition) is 0. The molecule has 0 N–H and O–H groups in total. The van der Waals surface area contributed by atoms with E-state index in [4.69, 9.17) is 9.15 Å². The maximum Gasteiger partial charge on any atom is 0.376 e. The van der Waals surface area contributed by atoms with Crippen molar-refractivity contribution in [3.63, 3.8) is 0 Å². The second kappa shape index (κ2) is 5.26. The molecule has 0 bridgehead atoms. The molecule has 2 heterocycles. The normalized spacial score (nSPS) is 10.7. The van der Waals surface area contributed by atoms with Crippen molar-refractivity contribution in [2.45, 2.75) is 27.2 Å². The molecule has 2 aromatic heterocycles. The Hall–Kier alpha value is -2.11. The summed E-state index contributed by atoms with van der Waals surface area (Å²) in [6, 6.07) is 1.86. The first-order chi connectivity index (χ1) is 9.06. The summed E-state index contributed by atoms with van der Waals surface area (Å²) in [6.07, 6.45) is 0.606. The van der Waals surface area contributed by atoms with Crippen LogP contribution in [-0.2, 0) is 18.2 Å². The average Bonchev–Trinajstić information content (AvgIpc) is 2.92. The number of aromatic nitrogens is 3. The monoisotopic (exact) mass is 263 g/mol. The van der Waals surface area contributed by atoms with Crippen LogP contribution < -0.4 is 0 Å². The van der Waals surface area contributed by atoms with E-state index in [0.717, 1.165) is 11.4 Å². The summed E-state index contributed by atoms with van der Waals surface area (Å²) in [7, 11) is 1.81. The molecular weight excluding hydrogens is 246 g/mol. The van der Waals surface area contributed by atoms with Gasteiger partial charge < -0.3 is 9.15 Å². The van der Waals surface area contributed by atoms with E-state index < -0.39 is 5.97 Å². The predicted octanol–water partition coefficient (Wildman–Crippen LogP) is 2.12. The number of esters is 1. The van der Waals surface area contributed by atoms with Crippen LogP contribution in [-0.4, -0.2) is 27.3 Å². The Bertz CT molecular complexity index is 598. The number of ether oxygens (including phenoxy) is 1. The number of carbonyl (C=O) groups is 1. The van der Waals surface area contributed by atoms with E-state index in [0.29, 0.717) is 24.6 Å². The maximum atomic E-state index is 11.8. The smallest absolute Gasteiger partial charge is 0.376 e. The molecule has 0 unspecified atom stereocenters. The van der Waals surface area contributed by atoms with Crippen molar-refractivity contribution in [3.05, 3.63) is 23.2 Å². The van der Waals surface area contributed by atoms with Crippen molar-refractivity contribution in [2.24, 2.45) is 7.05 Å². The van der Waals surface area contributed by atoms with Crippen molar-refractivity contribution in [1.82, 2.24) is 14.8 Å². The van der Waals surface area contributed by atoms with Gasteiger partial charge >= 0.3 is 5.97 Å². The fraction of sp³-hybridized carbons (Fsp3) is 0.462. The third kappa shape index (κ3) is 2.52. The van der Waals surface area contributed by atoms with Gasteiger partial charge in [-0.05, 0) is 26.3 Å². The number of carbonyl (C=O) groups excluding carboxylic acids is 1. The summed E-state index contributed by atoms with van der Waals surface area (Å²) in [4.78, 5) is 16.1. The van der Waals surface area contributed by atoms with E-state index in [1.807, 2.05) is 27.0 Å². The van der Waals surface area contributed by atoms with Crippen LogP contribution in [0.15, 0.2) is 10.5 Å². The maximum absolute atomic E-state index is 11.8. The number of oxazole rings is 1. The van der Waals surface area contributed by atoms with Crippen LogP contribution in [0, 0.1) is 6.92 Å². The summed E-state index contributed by atoms with van der Waals surface area (Å²) in [5, 5.41) is 4.23. The molecule has 0 aliphatic heterocycles. The van der Waals surface area contributed by atoms with Crippen molar-refractivity contribution in [1.29, 1.82) is 0 Å². The second-order valence-electron chi connectivity index (χ2n) is 4.16. The third-order valence-electron chi connectivity index (χ3n) is 2.71. The Morgan fingerprint density at radius 2 is 2.21 bits per heavy atom. The molecule has 102 valence electrons. The minimum Gasteiger partial charge on any atom is -0.460 e. The van der Waals surface area contributed by atoms with Gasteiger partial charge in [-0.15, -0.1) is 0 Å². The van der Waals surface area contributed by atoms with Gasteiger partial charge in [-0.1, -0.05) is 6.92 Å². The first kappa shape index (κ1) is 13.3. The molecule has 0 saturated heterocycles. The fourth-order valence-corrected chi connectivity index (χ4v) is 1.87. The van der Waals surface area contributed by atoms with Crippen LogP contribution in [0.4, 0.5) is 0 Å². The Morgan fingerprint density at radius 3 is 2.74 bits per heavy atom. The molecule has 0 aliphatic rings. The number of aryl methyl sites for hydroxylation is 3. The highest BCUT2D eigenvalue weighted by Crippen LogP contribution is 2.23. The zero-order valence-electron chi connectivity index (χ0n) is 11.6. The van der Waals surface area contributed by atoms with Gasteiger partial charge in [0.25, 0.3) is 0 Å². The highest BCUT2D eigenvalue weighted by molar-refractivity contribution is 5.88. The van der Waals surface area contributed by atoms with Crippen LogP contribution in [0.3, 0.4) is 0 Å². The van der Waals surface area contributed by atoms with Gasteiger partial charge in [-0.3, -0.25) is 4.68 Å². The van der Waals surface area contributed by atoms with E-state index in [1.54, 1.807) is 11.6 Å². The lowest BCUT2D eigenvalue weighted by atomic mass is 10.3. The van der Waals surface area contributed by atoms with E-state index in [9.17, 15) is 4.79 Å². The van der Waals surface area contributed by atoms with Crippen LogP contribution in [0.1, 0.15) is 35.8 Å². The topological polar surface area (TPSA) is 70.2 Å². The molecule has 19 heavy (non-hydrogen) atoms. The summed E-state index contributed by atoms with van der Waals surface area (Å²) in [6.45, 7) is 5.87. The van der Waals surface area contributed by atoms with Gasteiger partial charge in [0.1, 0.15) is 5.69 Å². The zero-order chi connectivity index (χ0) is 14.0. The molecule has 0 fully saturated rings. The van der Waals surface area contributed by atoms with Gasteiger partial charge in [0.2, 0.25) is 11.7 Å². The van der Waals surface area contributed by atoms with Crippen molar-refractivity contribution >= 4 is 5.97 Å². The third-order valence-corrected chi connectivity index (χ3v) is 2.71.